The highest BCUT2D eigenvalue weighted by Crippen LogP contribution is 2.01. The van der Waals surface area contributed by atoms with Crippen LogP contribution in [0, 0.1) is 6.92 Å². The van der Waals surface area contributed by atoms with Crippen LogP contribution in [0.5, 0.6) is 0 Å². The Kier molecular flexibility index (Phi) is 9.62. The summed E-state index contributed by atoms with van der Waals surface area (Å²) >= 11 is 0. The van der Waals surface area contributed by atoms with E-state index in [9.17, 15) is 9.59 Å². The van der Waals surface area contributed by atoms with Gasteiger partial charge in [0.05, 0.1) is 6.42 Å². The minimum atomic E-state index is -0.963. The number of pyridine rings is 1. The van der Waals surface area contributed by atoms with E-state index in [0.29, 0.717) is 13.0 Å². The van der Waals surface area contributed by atoms with Crippen molar-refractivity contribution in [1.29, 1.82) is 0 Å². The molecule has 0 saturated heterocycles. The molecule has 0 fully saturated rings. The first-order chi connectivity index (χ1) is 9.52. The van der Waals surface area contributed by atoms with Gasteiger partial charge in [0.1, 0.15) is 6.04 Å². The summed E-state index contributed by atoms with van der Waals surface area (Å²) in [5, 5.41) is 11.6. The van der Waals surface area contributed by atoms with Crippen LogP contribution in [0.4, 0.5) is 0 Å². The van der Waals surface area contributed by atoms with Gasteiger partial charge in [-0.05, 0) is 18.9 Å². The molecule has 1 rings (SSSR count). The zero-order valence-corrected chi connectivity index (χ0v) is 14.1. The molecular formula is C15H23BrN2O3. The molecule has 0 aliphatic heterocycles. The predicted molar refractivity (Wildman–Crippen MR) is 75.1 cm³/mol. The van der Waals surface area contributed by atoms with E-state index < -0.39 is 12.0 Å². The third-order valence-electron chi connectivity index (χ3n) is 3.13. The quantitative estimate of drug-likeness (QED) is 0.552. The monoisotopic (exact) mass is 358 g/mol. The molecule has 1 aromatic rings. The van der Waals surface area contributed by atoms with Crippen molar-refractivity contribution in [2.24, 2.45) is 0 Å². The molecule has 0 aliphatic rings. The van der Waals surface area contributed by atoms with Crippen LogP contribution in [-0.4, -0.2) is 23.0 Å². The number of amides is 1. The highest BCUT2D eigenvalue weighted by molar-refractivity contribution is 5.83. The van der Waals surface area contributed by atoms with Gasteiger partial charge in [0.15, 0.2) is 18.9 Å². The van der Waals surface area contributed by atoms with Gasteiger partial charge in [0.2, 0.25) is 5.91 Å². The van der Waals surface area contributed by atoms with Crippen molar-refractivity contribution < 1.29 is 36.2 Å². The van der Waals surface area contributed by atoms with E-state index in [-0.39, 0.29) is 29.3 Å². The largest absolute Gasteiger partial charge is 1.00 e. The zero-order chi connectivity index (χ0) is 15.0. The number of carboxylic acids is 1. The number of carbonyl (C=O) groups excluding carboxylic acids is 1. The molecule has 1 aromatic heterocycles. The van der Waals surface area contributed by atoms with Crippen LogP contribution in [0.1, 0.15) is 38.2 Å². The molecule has 0 spiro atoms. The summed E-state index contributed by atoms with van der Waals surface area (Å²) in [7, 11) is 0. The van der Waals surface area contributed by atoms with Crippen LogP contribution < -0.4 is 26.9 Å². The van der Waals surface area contributed by atoms with Crippen molar-refractivity contribution >= 4 is 11.9 Å². The van der Waals surface area contributed by atoms with E-state index in [0.717, 1.165) is 18.4 Å². The van der Waals surface area contributed by atoms with Gasteiger partial charge in [-0.2, -0.15) is 0 Å². The fourth-order valence-electron chi connectivity index (χ4n) is 1.84. The summed E-state index contributed by atoms with van der Waals surface area (Å²) in [5.41, 5.74) is 1.16. The van der Waals surface area contributed by atoms with Crippen molar-refractivity contribution in [3.8, 4) is 0 Å². The van der Waals surface area contributed by atoms with Crippen LogP contribution in [0.15, 0.2) is 24.5 Å². The van der Waals surface area contributed by atoms with Crippen LogP contribution in [0.2, 0.25) is 0 Å². The topological polar surface area (TPSA) is 70.3 Å². The lowest BCUT2D eigenvalue weighted by Gasteiger charge is -2.13. The zero-order valence-electron chi connectivity index (χ0n) is 12.5. The van der Waals surface area contributed by atoms with Crippen LogP contribution >= 0.6 is 0 Å². The lowest BCUT2D eigenvalue weighted by Crippen LogP contribution is -3.00. The summed E-state index contributed by atoms with van der Waals surface area (Å²) in [5.74, 6) is -1.18. The van der Waals surface area contributed by atoms with Gasteiger partial charge < -0.3 is 27.4 Å². The van der Waals surface area contributed by atoms with Gasteiger partial charge in [-0.3, -0.25) is 4.79 Å². The molecule has 1 atom stereocenters. The summed E-state index contributed by atoms with van der Waals surface area (Å²) in [6.07, 6.45) is 6.30. The Bertz CT molecular complexity index is 449. The number of nitrogens with zero attached hydrogens (tertiary/aromatic N) is 1. The molecule has 5 nitrogen and oxygen atoms in total. The lowest BCUT2D eigenvalue weighted by molar-refractivity contribution is -0.695. The molecule has 0 bridgehead atoms. The van der Waals surface area contributed by atoms with Crippen LogP contribution in [0.25, 0.3) is 0 Å². The number of carbonyl (C=O) groups is 2. The highest BCUT2D eigenvalue weighted by atomic mass is 79.9. The number of aliphatic carboxylic acids is 1. The summed E-state index contributed by atoms with van der Waals surface area (Å²) in [4.78, 5) is 22.8. The number of rotatable bonds is 8. The summed E-state index contributed by atoms with van der Waals surface area (Å²) < 4.78 is 1.91. The molecule has 0 radical (unpaired) electrons. The third-order valence-corrected chi connectivity index (χ3v) is 3.13. The van der Waals surface area contributed by atoms with Gasteiger partial charge >= 0.3 is 5.97 Å². The lowest BCUT2D eigenvalue weighted by atomic mass is 10.1. The number of carboxylic acid groups (broad SMARTS) is 1. The minimum Gasteiger partial charge on any atom is -1.00 e. The average Bonchev–Trinajstić information content (AvgIpc) is 2.42. The second-order valence-corrected chi connectivity index (χ2v) is 4.96. The first-order valence-electron chi connectivity index (χ1n) is 7.00. The number of aryl methyl sites for hydroxylation is 2. The van der Waals surface area contributed by atoms with E-state index in [1.54, 1.807) is 0 Å². The highest BCUT2D eigenvalue weighted by Gasteiger charge is 2.19. The molecule has 2 N–H and O–H groups in total. The minimum absolute atomic E-state index is 0. The average molecular weight is 359 g/mol. The van der Waals surface area contributed by atoms with Crippen LogP contribution in [0.3, 0.4) is 0 Å². The predicted octanol–water partition coefficient (Wildman–Crippen LogP) is -1.56. The number of hydrogen-bond acceptors (Lipinski definition) is 2. The van der Waals surface area contributed by atoms with E-state index >= 15 is 0 Å². The maximum Gasteiger partial charge on any atom is 0.326 e. The van der Waals surface area contributed by atoms with Crippen LogP contribution in [-0.2, 0) is 16.1 Å². The molecule has 1 heterocycles. The molecule has 0 aliphatic carbocycles. The number of halogens is 1. The molecule has 118 valence electrons. The van der Waals surface area contributed by atoms with E-state index in [4.69, 9.17) is 5.11 Å². The first kappa shape index (κ1) is 19.6. The van der Waals surface area contributed by atoms with E-state index in [2.05, 4.69) is 5.32 Å². The smallest absolute Gasteiger partial charge is 0.326 e. The Morgan fingerprint density at radius 2 is 1.95 bits per heavy atom. The maximum absolute atomic E-state index is 11.8. The fraction of sp³-hybridized carbons (Fsp3) is 0.533. The van der Waals surface area contributed by atoms with Gasteiger partial charge in [-0.1, -0.05) is 19.8 Å². The van der Waals surface area contributed by atoms with Crippen molar-refractivity contribution in [2.45, 2.75) is 52.1 Å². The van der Waals surface area contributed by atoms with Gasteiger partial charge in [-0.25, -0.2) is 9.36 Å². The Morgan fingerprint density at radius 1 is 1.33 bits per heavy atom. The molecule has 6 heteroatoms. The van der Waals surface area contributed by atoms with E-state index in [1.807, 2.05) is 42.9 Å². The number of unbranched alkanes of at least 4 members (excludes halogenated alkanes) is 1. The van der Waals surface area contributed by atoms with Crippen molar-refractivity contribution in [2.75, 3.05) is 0 Å². The Morgan fingerprint density at radius 3 is 2.48 bits per heavy atom. The summed E-state index contributed by atoms with van der Waals surface area (Å²) in [6, 6.07) is 3.17. The molecule has 1 unspecified atom stereocenters. The molecule has 0 aromatic carbocycles. The number of aromatic nitrogens is 1. The fourth-order valence-corrected chi connectivity index (χ4v) is 1.84. The SMILES string of the molecule is CCCCC(NC(=O)CC[n+]1ccc(C)cc1)C(=O)O.[Br-]. The third kappa shape index (κ3) is 7.80. The second kappa shape index (κ2) is 10.3. The number of hydrogen-bond donors (Lipinski definition) is 2. The Balaban J connectivity index is 0.00000400. The maximum atomic E-state index is 11.8. The van der Waals surface area contributed by atoms with Gasteiger partial charge in [0, 0.05) is 12.1 Å². The molecule has 1 amide bonds. The van der Waals surface area contributed by atoms with E-state index in [1.165, 1.54) is 0 Å². The standard InChI is InChI=1S/C15H22N2O3.BrH/c1-3-4-5-13(15(19)20)16-14(18)8-11-17-9-6-12(2)7-10-17;/h6-7,9-10,13H,3-5,8,11H2,1-2H3,(H-,16,18,19,20);1H. The molecule has 21 heavy (non-hydrogen) atoms. The number of nitrogens with one attached hydrogen (secondary N) is 1. The van der Waals surface area contributed by atoms with Gasteiger partial charge in [0.25, 0.3) is 0 Å². The normalized spacial score (nSPS) is 11.3. The van der Waals surface area contributed by atoms with Crippen molar-refractivity contribution in [3.63, 3.8) is 0 Å². The molecular weight excluding hydrogens is 336 g/mol. The molecule has 0 saturated carbocycles. The first-order valence-corrected chi connectivity index (χ1v) is 7.00. The Labute approximate surface area is 136 Å². The Hall–Kier alpha value is -1.43. The summed E-state index contributed by atoms with van der Waals surface area (Å²) in [6.45, 7) is 4.54. The van der Waals surface area contributed by atoms with Gasteiger partial charge in [-0.15, -0.1) is 0 Å². The van der Waals surface area contributed by atoms with Crippen molar-refractivity contribution in [3.05, 3.63) is 30.1 Å². The second-order valence-electron chi connectivity index (χ2n) is 4.96. The van der Waals surface area contributed by atoms with Crippen molar-refractivity contribution in [1.82, 2.24) is 5.32 Å².